The third-order valence-electron chi connectivity index (χ3n) is 3.78. The average molecular weight is 313 g/mol. The van der Waals surface area contributed by atoms with E-state index in [4.69, 9.17) is 20.9 Å². The molecular weight excluding hydrogens is 290 g/mol. The molecule has 0 radical (unpaired) electrons. The Labute approximate surface area is 135 Å². The van der Waals surface area contributed by atoms with Gasteiger partial charge in [0.05, 0.1) is 24.2 Å². The van der Waals surface area contributed by atoms with Gasteiger partial charge in [0.2, 0.25) is 0 Å². The first-order valence-electron chi connectivity index (χ1n) is 8.03. The molecule has 0 saturated heterocycles. The van der Waals surface area contributed by atoms with Crippen LogP contribution in [0.25, 0.3) is 21.8 Å². The average Bonchev–Trinajstić information content (AvgIpc) is 2.92. The second-order valence-electron chi connectivity index (χ2n) is 5.52. The van der Waals surface area contributed by atoms with Crippen molar-refractivity contribution in [1.29, 1.82) is 0 Å². The third kappa shape index (κ3) is 3.57. The number of ether oxygens (including phenoxy) is 2. The fourth-order valence-corrected chi connectivity index (χ4v) is 2.59. The largest absolute Gasteiger partial charge is 0.493 e. The zero-order valence-corrected chi connectivity index (χ0v) is 13.2. The van der Waals surface area contributed by atoms with E-state index in [9.17, 15) is 0 Å². The van der Waals surface area contributed by atoms with Gasteiger partial charge in [-0.2, -0.15) is 0 Å². The van der Waals surface area contributed by atoms with Crippen molar-refractivity contribution in [2.45, 2.75) is 12.8 Å². The molecule has 5 heteroatoms. The molecule has 0 amide bonds. The number of aromatic nitrogens is 1. The van der Waals surface area contributed by atoms with Crippen LogP contribution in [0.2, 0.25) is 0 Å². The summed E-state index contributed by atoms with van der Waals surface area (Å²) >= 11 is 0. The smallest absolute Gasteiger partial charge is 0.121 e. The van der Waals surface area contributed by atoms with Crippen LogP contribution in [0.5, 0.6) is 11.5 Å². The summed E-state index contributed by atoms with van der Waals surface area (Å²) in [7, 11) is 0. The summed E-state index contributed by atoms with van der Waals surface area (Å²) in [6.07, 6.45) is 1.71. The van der Waals surface area contributed by atoms with E-state index in [0.717, 1.165) is 35.4 Å². The molecule has 0 bridgehead atoms. The van der Waals surface area contributed by atoms with E-state index in [0.29, 0.717) is 26.3 Å². The molecular formula is C18H23N3O2. The van der Waals surface area contributed by atoms with Gasteiger partial charge in [0.1, 0.15) is 11.5 Å². The molecule has 1 aromatic heterocycles. The van der Waals surface area contributed by atoms with Gasteiger partial charge < -0.3 is 25.9 Å². The van der Waals surface area contributed by atoms with E-state index in [1.807, 2.05) is 24.3 Å². The van der Waals surface area contributed by atoms with Crippen molar-refractivity contribution in [2.75, 3.05) is 26.3 Å². The molecule has 0 aliphatic heterocycles. The molecule has 23 heavy (non-hydrogen) atoms. The van der Waals surface area contributed by atoms with Crippen LogP contribution in [0.3, 0.4) is 0 Å². The zero-order chi connectivity index (χ0) is 16.1. The van der Waals surface area contributed by atoms with Gasteiger partial charge >= 0.3 is 0 Å². The number of H-pyrrole nitrogens is 1. The molecule has 0 aliphatic carbocycles. The van der Waals surface area contributed by atoms with Crippen LogP contribution in [0.1, 0.15) is 12.8 Å². The molecule has 0 spiro atoms. The van der Waals surface area contributed by atoms with E-state index in [1.165, 1.54) is 10.8 Å². The van der Waals surface area contributed by atoms with E-state index < -0.39 is 0 Å². The van der Waals surface area contributed by atoms with Crippen LogP contribution in [-0.4, -0.2) is 31.3 Å². The first-order chi connectivity index (χ1) is 11.3. The van der Waals surface area contributed by atoms with Gasteiger partial charge in [0.25, 0.3) is 0 Å². The van der Waals surface area contributed by atoms with Crippen LogP contribution in [0.15, 0.2) is 36.4 Å². The standard InChI is InChI=1S/C18H23N3O2/c19-7-1-9-22-13-3-5-15-16-6-4-14(23-10-2-8-20)12-18(16)21-17(15)11-13/h3-6,11-12,21H,1-2,7-10,19-20H2. The van der Waals surface area contributed by atoms with Crippen molar-refractivity contribution < 1.29 is 9.47 Å². The molecule has 0 unspecified atom stereocenters. The Hall–Kier alpha value is -2.24. The Morgan fingerprint density at radius 1 is 0.739 bits per heavy atom. The number of rotatable bonds is 8. The topological polar surface area (TPSA) is 86.3 Å². The van der Waals surface area contributed by atoms with Crippen LogP contribution in [-0.2, 0) is 0 Å². The highest BCUT2D eigenvalue weighted by Crippen LogP contribution is 2.30. The summed E-state index contributed by atoms with van der Waals surface area (Å²) in [6.45, 7) is 2.56. The number of hydrogen-bond acceptors (Lipinski definition) is 4. The predicted molar refractivity (Wildman–Crippen MR) is 94.1 cm³/mol. The fraction of sp³-hybridized carbons (Fsp3) is 0.333. The minimum atomic E-state index is 0.640. The summed E-state index contributed by atoms with van der Waals surface area (Å²) in [4.78, 5) is 3.43. The summed E-state index contributed by atoms with van der Waals surface area (Å²) in [5.41, 5.74) is 13.1. The maximum Gasteiger partial charge on any atom is 0.121 e. The number of benzene rings is 2. The third-order valence-corrected chi connectivity index (χ3v) is 3.78. The molecule has 2 aromatic carbocycles. The Morgan fingerprint density at radius 2 is 1.22 bits per heavy atom. The van der Waals surface area contributed by atoms with Gasteiger partial charge in [-0.3, -0.25) is 0 Å². The Bertz CT molecular complexity index is 718. The SMILES string of the molecule is NCCCOc1ccc2c(c1)[nH]c1cc(OCCCN)ccc12. The maximum absolute atomic E-state index is 5.70. The van der Waals surface area contributed by atoms with Crippen LogP contribution >= 0.6 is 0 Å². The molecule has 0 saturated carbocycles. The summed E-state index contributed by atoms with van der Waals surface area (Å²) in [5.74, 6) is 1.72. The zero-order valence-electron chi connectivity index (χ0n) is 13.2. The lowest BCUT2D eigenvalue weighted by Crippen LogP contribution is -2.05. The van der Waals surface area contributed by atoms with Crippen LogP contribution in [0.4, 0.5) is 0 Å². The van der Waals surface area contributed by atoms with Gasteiger partial charge in [-0.05, 0) is 50.2 Å². The van der Waals surface area contributed by atoms with Gasteiger partial charge in [0.15, 0.2) is 0 Å². The van der Waals surface area contributed by atoms with Gasteiger partial charge in [-0.25, -0.2) is 0 Å². The monoisotopic (exact) mass is 313 g/mol. The summed E-state index contributed by atoms with van der Waals surface area (Å²) in [5, 5.41) is 2.36. The molecule has 5 nitrogen and oxygen atoms in total. The maximum atomic E-state index is 5.70. The van der Waals surface area contributed by atoms with Crippen LogP contribution < -0.4 is 20.9 Å². The van der Waals surface area contributed by atoms with Gasteiger partial charge in [-0.15, -0.1) is 0 Å². The number of fused-ring (bicyclic) bond motifs is 3. The molecule has 0 fully saturated rings. The van der Waals surface area contributed by atoms with Gasteiger partial charge in [-0.1, -0.05) is 0 Å². The first-order valence-corrected chi connectivity index (χ1v) is 8.03. The van der Waals surface area contributed by atoms with Crippen LogP contribution in [0, 0.1) is 0 Å². The van der Waals surface area contributed by atoms with Gasteiger partial charge in [0, 0.05) is 22.9 Å². The molecule has 0 atom stereocenters. The summed E-state index contributed by atoms with van der Waals surface area (Å²) < 4.78 is 11.4. The Morgan fingerprint density at radius 3 is 1.65 bits per heavy atom. The number of aromatic amines is 1. The normalized spacial score (nSPS) is 11.2. The first kappa shape index (κ1) is 15.6. The minimum absolute atomic E-state index is 0.640. The second-order valence-corrected chi connectivity index (χ2v) is 5.52. The van der Waals surface area contributed by atoms with Crippen molar-refractivity contribution in [3.63, 3.8) is 0 Å². The van der Waals surface area contributed by atoms with Crippen molar-refractivity contribution >= 4 is 21.8 Å². The van der Waals surface area contributed by atoms with Crippen molar-refractivity contribution in [3.8, 4) is 11.5 Å². The van der Waals surface area contributed by atoms with E-state index >= 15 is 0 Å². The highest BCUT2D eigenvalue weighted by molar-refractivity contribution is 6.07. The number of hydrogen-bond donors (Lipinski definition) is 3. The lowest BCUT2D eigenvalue weighted by molar-refractivity contribution is 0.313. The van der Waals surface area contributed by atoms with Crippen molar-refractivity contribution in [3.05, 3.63) is 36.4 Å². The quantitative estimate of drug-likeness (QED) is 0.558. The molecule has 3 rings (SSSR count). The molecule has 1 heterocycles. The Balaban J connectivity index is 1.84. The lowest BCUT2D eigenvalue weighted by atomic mass is 10.1. The second kappa shape index (κ2) is 7.35. The fourth-order valence-electron chi connectivity index (χ4n) is 2.59. The van der Waals surface area contributed by atoms with E-state index in [2.05, 4.69) is 17.1 Å². The summed E-state index contributed by atoms with van der Waals surface area (Å²) in [6, 6.07) is 12.2. The minimum Gasteiger partial charge on any atom is -0.493 e. The number of nitrogens with one attached hydrogen (secondary N) is 1. The van der Waals surface area contributed by atoms with Crippen molar-refractivity contribution in [1.82, 2.24) is 4.98 Å². The highest BCUT2D eigenvalue weighted by Gasteiger charge is 2.07. The van der Waals surface area contributed by atoms with E-state index in [-0.39, 0.29) is 0 Å². The van der Waals surface area contributed by atoms with Crippen molar-refractivity contribution in [2.24, 2.45) is 11.5 Å². The highest BCUT2D eigenvalue weighted by atomic mass is 16.5. The van der Waals surface area contributed by atoms with E-state index in [1.54, 1.807) is 0 Å². The molecule has 3 aromatic rings. The number of nitrogens with two attached hydrogens (primary N) is 2. The Kier molecular flexibility index (Phi) is 5.00. The molecule has 5 N–H and O–H groups in total. The molecule has 0 aliphatic rings. The lowest BCUT2D eigenvalue weighted by Gasteiger charge is -2.05. The molecule has 122 valence electrons. The predicted octanol–water partition coefficient (Wildman–Crippen LogP) is 2.78.